The van der Waals surface area contributed by atoms with Crippen LogP contribution >= 0.6 is 11.3 Å². The minimum absolute atomic E-state index is 0.00238. The number of nitrogens with zero attached hydrogens (tertiary/aromatic N) is 3. The number of anilines is 1. The van der Waals surface area contributed by atoms with E-state index >= 15 is 0 Å². The zero-order valence-electron chi connectivity index (χ0n) is 11.5. The van der Waals surface area contributed by atoms with Crippen molar-refractivity contribution in [2.45, 2.75) is 19.4 Å². The maximum atomic E-state index is 12.9. The summed E-state index contributed by atoms with van der Waals surface area (Å²) < 4.78 is 14.6. The highest BCUT2D eigenvalue weighted by molar-refractivity contribution is 7.20. The van der Waals surface area contributed by atoms with E-state index in [0.29, 0.717) is 0 Å². The number of rotatable bonds is 5. The van der Waals surface area contributed by atoms with E-state index in [0.717, 1.165) is 27.8 Å². The van der Waals surface area contributed by atoms with Crippen LogP contribution in [0.3, 0.4) is 0 Å². The molecule has 2 heterocycles. The summed E-state index contributed by atoms with van der Waals surface area (Å²) in [6, 6.07) is 6.21. The van der Waals surface area contributed by atoms with Gasteiger partial charge in [0.05, 0.1) is 24.5 Å². The second-order valence-electron chi connectivity index (χ2n) is 4.70. The molecule has 1 aromatic carbocycles. The van der Waals surface area contributed by atoms with Crippen LogP contribution in [0.25, 0.3) is 16.2 Å². The molecule has 0 aliphatic heterocycles. The predicted octanol–water partition coefficient (Wildman–Crippen LogP) is 2.78. The van der Waals surface area contributed by atoms with Crippen LogP contribution in [-0.2, 0) is 0 Å². The van der Waals surface area contributed by atoms with Crippen molar-refractivity contribution < 1.29 is 9.50 Å². The highest BCUT2D eigenvalue weighted by Gasteiger charge is 2.12. The monoisotopic (exact) mass is 306 g/mol. The second kappa shape index (κ2) is 5.79. The van der Waals surface area contributed by atoms with Crippen LogP contribution in [0.4, 0.5) is 9.52 Å². The lowest BCUT2D eigenvalue weighted by atomic mass is 10.2. The van der Waals surface area contributed by atoms with Gasteiger partial charge in [-0.1, -0.05) is 18.3 Å². The first-order valence-electron chi connectivity index (χ1n) is 6.69. The number of hydrogen-bond acceptors (Lipinski definition) is 5. The molecular weight excluding hydrogens is 291 g/mol. The molecule has 0 radical (unpaired) electrons. The van der Waals surface area contributed by atoms with Gasteiger partial charge in [0.1, 0.15) is 5.82 Å². The van der Waals surface area contributed by atoms with Gasteiger partial charge in [0, 0.05) is 5.56 Å². The third-order valence-electron chi connectivity index (χ3n) is 3.22. The third kappa shape index (κ3) is 2.88. The van der Waals surface area contributed by atoms with Gasteiger partial charge in [-0.3, -0.25) is 0 Å². The zero-order chi connectivity index (χ0) is 14.8. The first-order chi connectivity index (χ1) is 10.2. The van der Waals surface area contributed by atoms with Gasteiger partial charge >= 0.3 is 0 Å². The smallest absolute Gasteiger partial charge is 0.214 e. The van der Waals surface area contributed by atoms with Crippen LogP contribution in [0.1, 0.15) is 13.3 Å². The molecule has 0 saturated carbocycles. The van der Waals surface area contributed by atoms with Crippen LogP contribution in [0.2, 0.25) is 0 Å². The van der Waals surface area contributed by atoms with Crippen molar-refractivity contribution in [3.05, 3.63) is 36.3 Å². The van der Waals surface area contributed by atoms with Gasteiger partial charge in [0.2, 0.25) is 10.1 Å². The van der Waals surface area contributed by atoms with Crippen molar-refractivity contribution in [3.8, 4) is 11.3 Å². The molecule has 21 heavy (non-hydrogen) atoms. The zero-order valence-corrected chi connectivity index (χ0v) is 12.3. The van der Waals surface area contributed by atoms with Gasteiger partial charge in [-0.25, -0.2) is 13.9 Å². The standard InChI is InChI=1S/C14H15FN4OS/c1-2-11(8-20)16-13-18-19-7-12(17-14(19)21-13)9-3-5-10(15)6-4-9/h3-7,11,20H,2,8H2,1H3,(H,16,18)/t11-/m1/s1. The fraction of sp³-hybridized carbons (Fsp3) is 0.286. The molecule has 3 aromatic rings. The van der Waals surface area contributed by atoms with Gasteiger partial charge in [-0.2, -0.15) is 0 Å². The Labute approximate surface area is 125 Å². The van der Waals surface area contributed by atoms with Crippen LogP contribution in [0.15, 0.2) is 30.5 Å². The molecule has 0 aliphatic carbocycles. The highest BCUT2D eigenvalue weighted by Crippen LogP contribution is 2.25. The van der Waals surface area contributed by atoms with Gasteiger partial charge in [0.25, 0.3) is 0 Å². The Hall–Kier alpha value is -1.99. The summed E-state index contributed by atoms with van der Waals surface area (Å²) in [5, 5.41) is 17.5. The third-order valence-corrected chi connectivity index (χ3v) is 4.08. The van der Waals surface area contributed by atoms with Crippen molar-refractivity contribution in [2.75, 3.05) is 11.9 Å². The molecule has 3 rings (SSSR count). The number of fused-ring (bicyclic) bond motifs is 1. The van der Waals surface area contributed by atoms with Crippen LogP contribution < -0.4 is 5.32 Å². The van der Waals surface area contributed by atoms with Crippen LogP contribution in [0.5, 0.6) is 0 Å². The van der Waals surface area contributed by atoms with E-state index in [1.807, 2.05) is 13.1 Å². The molecule has 2 N–H and O–H groups in total. The molecule has 2 aromatic heterocycles. The number of aromatic nitrogens is 3. The number of halogens is 1. The molecule has 0 spiro atoms. The average Bonchev–Trinajstić information content (AvgIpc) is 3.03. The van der Waals surface area contributed by atoms with E-state index in [4.69, 9.17) is 0 Å². The summed E-state index contributed by atoms with van der Waals surface area (Å²) in [5.74, 6) is -0.265. The Bertz CT molecular complexity index is 702. The highest BCUT2D eigenvalue weighted by atomic mass is 32.1. The average molecular weight is 306 g/mol. The Kier molecular flexibility index (Phi) is 3.85. The summed E-state index contributed by atoms with van der Waals surface area (Å²) >= 11 is 1.42. The maximum Gasteiger partial charge on any atom is 0.214 e. The van der Waals surface area contributed by atoms with Crippen molar-refractivity contribution in [3.63, 3.8) is 0 Å². The lowest BCUT2D eigenvalue weighted by molar-refractivity contribution is 0.271. The van der Waals surface area contributed by atoms with Crippen molar-refractivity contribution >= 4 is 21.4 Å². The molecule has 0 unspecified atom stereocenters. The summed E-state index contributed by atoms with van der Waals surface area (Å²) in [5.41, 5.74) is 1.61. The normalized spacial score (nSPS) is 12.7. The summed E-state index contributed by atoms with van der Waals surface area (Å²) in [4.78, 5) is 5.24. The SMILES string of the molecule is CC[C@H](CO)Nc1nn2cc(-c3ccc(F)cc3)nc2s1. The minimum atomic E-state index is -0.265. The van der Waals surface area contributed by atoms with Gasteiger partial charge in [-0.05, 0) is 30.7 Å². The molecule has 7 heteroatoms. The first kappa shape index (κ1) is 14.0. The molecule has 0 fully saturated rings. The number of hydrogen-bond donors (Lipinski definition) is 2. The molecule has 0 bridgehead atoms. The Morgan fingerprint density at radius 1 is 1.38 bits per heavy atom. The Morgan fingerprint density at radius 2 is 2.14 bits per heavy atom. The largest absolute Gasteiger partial charge is 0.394 e. The topological polar surface area (TPSA) is 62.5 Å². The van der Waals surface area contributed by atoms with Gasteiger partial charge in [0.15, 0.2) is 0 Å². The van der Waals surface area contributed by atoms with E-state index in [2.05, 4.69) is 15.4 Å². The summed E-state index contributed by atoms with van der Waals surface area (Å²) in [7, 11) is 0. The lowest BCUT2D eigenvalue weighted by Gasteiger charge is -2.11. The molecule has 0 amide bonds. The van der Waals surface area contributed by atoms with E-state index in [9.17, 15) is 9.50 Å². The second-order valence-corrected chi connectivity index (χ2v) is 5.66. The van der Waals surface area contributed by atoms with Crippen LogP contribution in [-0.4, -0.2) is 32.4 Å². The van der Waals surface area contributed by atoms with E-state index < -0.39 is 0 Å². The Balaban J connectivity index is 1.85. The molecule has 5 nitrogen and oxygen atoms in total. The number of aliphatic hydroxyl groups is 1. The summed E-state index contributed by atoms with van der Waals surface area (Å²) in [6.07, 6.45) is 2.63. The fourth-order valence-electron chi connectivity index (χ4n) is 1.97. The van der Waals surface area contributed by atoms with E-state index in [-0.39, 0.29) is 18.5 Å². The Morgan fingerprint density at radius 3 is 2.76 bits per heavy atom. The molecule has 1 atom stereocenters. The fourth-order valence-corrected chi connectivity index (χ4v) is 2.83. The number of benzene rings is 1. The molecule has 0 saturated heterocycles. The van der Waals surface area contributed by atoms with Crippen molar-refractivity contribution in [2.24, 2.45) is 0 Å². The van der Waals surface area contributed by atoms with Crippen molar-refractivity contribution in [1.29, 1.82) is 0 Å². The number of imidazole rings is 1. The molecule has 110 valence electrons. The molecular formula is C14H15FN4OS. The quantitative estimate of drug-likeness (QED) is 0.761. The van der Waals surface area contributed by atoms with Gasteiger partial charge in [-0.15, -0.1) is 5.10 Å². The van der Waals surface area contributed by atoms with Crippen molar-refractivity contribution in [1.82, 2.24) is 14.6 Å². The number of nitrogens with one attached hydrogen (secondary N) is 1. The first-order valence-corrected chi connectivity index (χ1v) is 7.50. The van der Waals surface area contributed by atoms with E-state index in [1.165, 1.54) is 23.5 Å². The van der Waals surface area contributed by atoms with Crippen LogP contribution in [0, 0.1) is 5.82 Å². The van der Waals surface area contributed by atoms with E-state index in [1.54, 1.807) is 16.6 Å². The number of aliphatic hydroxyl groups excluding tert-OH is 1. The van der Waals surface area contributed by atoms with Gasteiger partial charge < -0.3 is 10.4 Å². The maximum absolute atomic E-state index is 12.9. The summed E-state index contributed by atoms with van der Waals surface area (Å²) in [6.45, 7) is 2.07. The molecule has 0 aliphatic rings. The minimum Gasteiger partial charge on any atom is -0.394 e. The lowest BCUT2D eigenvalue weighted by Crippen LogP contribution is -2.22. The predicted molar refractivity (Wildman–Crippen MR) is 81.0 cm³/mol.